The number of hydrogen-bond acceptors (Lipinski definition) is 1. The van der Waals surface area contributed by atoms with Crippen LogP contribution in [0.1, 0.15) is 13.3 Å². The molecule has 0 aromatic carbocycles. The summed E-state index contributed by atoms with van der Waals surface area (Å²) in [6.45, 7) is 13.7. The van der Waals surface area contributed by atoms with Crippen molar-refractivity contribution in [2.75, 3.05) is 0 Å². The van der Waals surface area contributed by atoms with Crippen molar-refractivity contribution in [3.8, 4) is 0 Å². The maximum absolute atomic E-state index is 10.7. The predicted octanol–water partition coefficient (Wildman–Crippen LogP) is 2.82. The molecule has 0 saturated carbocycles. The molecule has 0 N–H and O–H groups in total. The van der Waals surface area contributed by atoms with Crippen LogP contribution in [-0.4, -0.2) is 21.1 Å². The van der Waals surface area contributed by atoms with Crippen LogP contribution in [0.15, 0.2) is 5.20 Å². The molecule has 3 heteroatoms. The van der Waals surface area contributed by atoms with Gasteiger partial charge >= 0.3 is 0 Å². The largest absolute Gasteiger partial charge is 0.234 e. The molecule has 0 aliphatic carbocycles. The fourth-order valence-electron chi connectivity index (χ4n) is 1.09. The first kappa shape index (κ1) is 11.9. The summed E-state index contributed by atoms with van der Waals surface area (Å²) in [5.74, 6) is 2.16. The van der Waals surface area contributed by atoms with Crippen molar-refractivity contribution in [3.63, 3.8) is 0 Å². The second kappa shape index (κ2) is 3.73. The molecule has 0 unspecified atom stereocenters. The van der Waals surface area contributed by atoms with Crippen molar-refractivity contribution in [3.05, 3.63) is 5.20 Å². The maximum atomic E-state index is 10.7. The standard InChI is InChI=1S/C9H20OSi2/c1-7-9(8-10)12(5,6)11(2,3)4/h7H2,1-6H3. The molecule has 12 heavy (non-hydrogen) atoms. The minimum atomic E-state index is -1.40. The molecule has 0 bridgehead atoms. The van der Waals surface area contributed by atoms with Crippen LogP contribution in [0, 0.1) is 0 Å². The zero-order valence-electron chi connectivity index (χ0n) is 9.12. The minimum absolute atomic E-state index is 0.896. The van der Waals surface area contributed by atoms with E-state index in [1.54, 1.807) is 0 Å². The normalized spacial score (nSPS) is 12.5. The van der Waals surface area contributed by atoms with Crippen molar-refractivity contribution < 1.29 is 4.79 Å². The summed E-state index contributed by atoms with van der Waals surface area (Å²) in [5.41, 5.74) is 0. The Bertz CT molecular complexity index is 207. The third-order valence-corrected chi connectivity index (χ3v) is 21.0. The quantitative estimate of drug-likeness (QED) is 0.506. The lowest BCUT2D eigenvalue weighted by molar-refractivity contribution is 0.567. The highest BCUT2D eigenvalue weighted by Gasteiger charge is 2.39. The van der Waals surface area contributed by atoms with E-state index in [1.807, 2.05) is 0 Å². The summed E-state index contributed by atoms with van der Waals surface area (Å²) in [6.07, 6.45) is 0.896. The van der Waals surface area contributed by atoms with Crippen LogP contribution in [0.25, 0.3) is 0 Å². The van der Waals surface area contributed by atoms with Crippen molar-refractivity contribution in [1.82, 2.24) is 0 Å². The molecule has 0 heterocycles. The van der Waals surface area contributed by atoms with E-state index in [4.69, 9.17) is 0 Å². The van der Waals surface area contributed by atoms with Crippen molar-refractivity contribution in [2.45, 2.75) is 46.1 Å². The van der Waals surface area contributed by atoms with Crippen LogP contribution < -0.4 is 0 Å². The third kappa shape index (κ3) is 2.19. The van der Waals surface area contributed by atoms with Crippen LogP contribution in [0.5, 0.6) is 0 Å². The minimum Gasteiger partial charge on any atom is -0.234 e. The Balaban J connectivity index is 4.97. The summed E-state index contributed by atoms with van der Waals surface area (Å²) in [4.78, 5) is 10.7. The Morgan fingerprint density at radius 1 is 1.17 bits per heavy atom. The van der Waals surface area contributed by atoms with Crippen molar-refractivity contribution in [1.29, 1.82) is 0 Å². The molecule has 0 spiro atoms. The van der Waals surface area contributed by atoms with Crippen LogP contribution in [0.2, 0.25) is 32.7 Å². The summed E-state index contributed by atoms with van der Waals surface area (Å²) < 4.78 is 0. The van der Waals surface area contributed by atoms with E-state index in [9.17, 15) is 4.79 Å². The van der Waals surface area contributed by atoms with Crippen LogP contribution >= 0.6 is 0 Å². The van der Waals surface area contributed by atoms with Gasteiger partial charge in [0, 0.05) is 7.59 Å². The van der Waals surface area contributed by atoms with Crippen LogP contribution in [-0.2, 0) is 4.79 Å². The number of rotatable bonds is 3. The molecule has 0 rings (SSSR count). The monoisotopic (exact) mass is 200 g/mol. The average Bonchev–Trinajstić information content (AvgIpc) is 1.87. The average molecular weight is 200 g/mol. The number of hydrogen-bond donors (Lipinski definition) is 0. The Labute approximate surface area is 77.7 Å². The highest BCUT2D eigenvalue weighted by molar-refractivity contribution is 7.43. The molecule has 0 aliphatic rings. The van der Waals surface area contributed by atoms with Gasteiger partial charge in [0.15, 0.2) is 0 Å². The van der Waals surface area contributed by atoms with Crippen LogP contribution in [0.4, 0.5) is 0 Å². The molecule has 0 aromatic rings. The van der Waals surface area contributed by atoms with Gasteiger partial charge in [-0.1, -0.05) is 39.7 Å². The summed E-state index contributed by atoms with van der Waals surface area (Å²) in [5, 5.41) is 1.08. The molecule has 0 aromatic heterocycles. The van der Waals surface area contributed by atoms with Gasteiger partial charge in [-0.05, 0) is 11.6 Å². The Morgan fingerprint density at radius 2 is 1.58 bits per heavy atom. The van der Waals surface area contributed by atoms with Gasteiger partial charge < -0.3 is 0 Å². The van der Waals surface area contributed by atoms with Gasteiger partial charge in [0.05, 0.1) is 7.59 Å². The number of allylic oxidation sites excluding steroid dienone is 1. The third-order valence-electron chi connectivity index (χ3n) is 3.11. The second-order valence-electron chi connectivity index (χ2n) is 4.81. The first-order chi connectivity index (χ1) is 5.27. The molecule has 70 valence electrons. The summed E-state index contributed by atoms with van der Waals surface area (Å²) in [6, 6.07) is 0. The van der Waals surface area contributed by atoms with E-state index in [0.29, 0.717) is 0 Å². The van der Waals surface area contributed by atoms with Gasteiger partial charge in [0.2, 0.25) is 0 Å². The Kier molecular flexibility index (Phi) is 3.69. The zero-order valence-corrected chi connectivity index (χ0v) is 11.1. The fourth-order valence-corrected chi connectivity index (χ4v) is 6.54. The smallest absolute Gasteiger partial charge is 0.118 e. The van der Waals surface area contributed by atoms with Crippen molar-refractivity contribution >= 4 is 21.1 Å². The Hall–Kier alpha value is -0.116. The maximum Gasteiger partial charge on any atom is 0.118 e. The van der Waals surface area contributed by atoms with E-state index in [1.165, 1.54) is 0 Å². The second-order valence-corrected chi connectivity index (χ2v) is 21.4. The van der Waals surface area contributed by atoms with Gasteiger partial charge in [-0.3, -0.25) is 0 Å². The number of carbonyl (C=O) groups excluding carboxylic acids is 1. The molecular weight excluding hydrogens is 180 g/mol. The lowest BCUT2D eigenvalue weighted by Crippen LogP contribution is -2.54. The van der Waals surface area contributed by atoms with Crippen molar-refractivity contribution in [2.24, 2.45) is 0 Å². The van der Waals surface area contributed by atoms with E-state index in [-0.39, 0.29) is 0 Å². The van der Waals surface area contributed by atoms with E-state index < -0.39 is 15.2 Å². The fraction of sp³-hybridized carbons (Fsp3) is 0.778. The zero-order chi connectivity index (χ0) is 9.99. The molecule has 0 fully saturated rings. The van der Waals surface area contributed by atoms with Crippen LogP contribution in [0.3, 0.4) is 0 Å². The van der Waals surface area contributed by atoms with E-state index >= 15 is 0 Å². The highest BCUT2D eigenvalue weighted by atomic mass is 29.3. The molecule has 0 saturated heterocycles. The highest BCUT2D eigenvalue weighted by Crippen LogP contribution is 2.26. The van der Waals surface area contributed by atoms with Gasteiger partial charge in [-0.15, -0.1) is 0 Å². The summed E-state index contributed by atoms with van der Waals surface area (Å²) in [7, 11) is -2.55. The lowest BCUT2D eigenvalue weighted by atomic mass is 10.5. The van der Waals surface area contributed by atoms with E-state index in [2.05, 4.69) is 45.6 Å². The molecule has 0 amide bonds. The summed E-state index contributed by atoms with van der Waals surface area (Å²) >= 11 is 0. The van der Waals surface area contributed by atoms with Gasteiger partial charge in [0.25, 0.3) is 0 Å². The SMILES string of the molecule is CCC(=C=O)[Si](C)(C)[Si](C)(C)C. The molecule has 0 atom stereocenters. The molecule has 0 radical (unpaired) electrons. The Morgan fingerprint density at radius 3 is 1.67 bits per heavy atom. The predicted molar refractivity (Wildman–Crippen MR) is 60.3 cm³/mol. The lowest BCUT2D eigenvalue weighted by Gasteiger charge is -2.35. The topological polar surface area (TPSA) is 17.1 Å². The van der Waals surface area contributed by atoms with Gasteiger partial charge in [-0.25, -0.2) is 4.79 Å². The first-order valence-corrected chi connectivity index (χ1v) is 12.0. The van der Waals surface area contributed by atoms with Gasteiger partial charge in [-0.2, -0.15) is 0 Å². The first-order valence-electron chi connectivity index (χ1n) is 4.51. The van der Waals surface area contributed by atoms with E-state index in [0.717, 1.165) is 11.6 Å². The molecular formula is C9H20OSi2. The van der Waals surface area contributed by atoms with Gasteiger partial charge in [0.1, 0.15) is 5.94 Å². The molecule has 1 nitrogen and oxygen atoms in total. The molecule has 0 aliphatic heterocycles.